The first kappa shape index (κ1) is 16.6. The predicted molar refractivity (Wildman–Crippen MR) is 97.4 cm³/mol. The number of anilines is 1. The Morgan fingerprint density at radius 2 is 1.96 bits per heavy atom. The molecule has 1 amide bonds. The highest BCUT2D eigenvalue weighted by atomic mass is 32.2. The summed E-state index contributed by atoms with van der Waals surface area (Å²) < 4.78 is 0. The van der Waals surface area contributed by atoms with Crippen molar-refractivity contribution < 1.29 is 4.79 Å². The fraction of sp³-hybridized carbons (Fsp3) is 0.667. The monoisotopic (exact) mass is 333 g/mol. The van der Waals surface area contributed by atoms with E-state index in [0.717, 1.165) is 50.4 Å². The van der Waals surface area contributed by atoms with E-state index in [0.29, 0.717) is 5.25 Å². The molecule has 2 aliphatic rings. The van der Waals surface area contributed by atoms with Crippen LogP contribution >= 0.6 is 11.8 Å². The van der Waals surface area contributed by atoms with Gasteiger partial charge in [0, 0.05) is 37.6 Å². The number of carbonyl (C=O) groups excluding carboxylic acids is 1. The third kappa shape index (κ3) is 4.00. The van der Waals surface area contributed by atoms with Crippen molar-refractivity contribution in [1.82, 2.24) is 9.88 Å². The number of hydrogen-bond donors (Lipinski definition) is 0. The molecule has 0 aliphatic carbocycles. The highest BCUT2D eigenvalue weighted by Crippen LogP contribution is 2.27. The number of nitrogens with zero attached hydrogens (tertiary/aromatic N) is 3. The first-order valence-corrected chi connectivity index (χ1v) is 10.1. The van der Waals surface area contributed by atoms with Gasteiger partial charge in [-0.25, -0.2) is 4.98 Å². The van der Waals surface area contributed by atoms with E-state index >= 15 is 0 Å². The average Bonchev–Trinajstić information content (AvgIpc) is 2.87. The molecule has 1 atom stereocenters. The van der Waals surface area contributed by atoms with Gasteiger partial charge in [0.2, 0.25) is 0 Å². The van der Waals surface area contributed by atoms with Crippen LogP contribution in [0.15, 0.2) is 18.3 Å². The lowest BCUT2D eigenvalue weighted by Crippen LogP contribution is -2.38. The molecule has 0 radical (unpaired) electrons. The zero-order valence-electron chi connectivity index (χ0n) is 14.0. The van der Waals surface area contributed by atoms with E-state index < -0.39 is 0 Å². The van der Waals surface area contributed by atoms with Crippen LogP contribution in [0.4, 0.5) is 5.82 Å². The number of thioether (sulfide) groups is 1. The van der Waals surface area contributed by atoms with Crippen molar-refractivity contribution in [2.75, 3.05) is 37.3 Å². The summed E-state index contributed by atoms with van der Waals surface area (Å²) in [4.78, 5) is 21.9. The summed E-state index contributed by atoms with van der Waals surface area (Å²) in [6.07, 6.45) is 11.2. The molecule has 1 aromatic rings. The lowest BCUT2D eigenvalue weighted by molar-refractivity contribution is 0.0724. The number of hydrogen-bond acceptors (Lipinski definition) is 4. The molecule has 3 heterocycles. The highest BCUT2D eigenvalue weighted by Gasteiger charge is 2.26. The van der Waals surface area contributed by atoms with Gasteiger partial charge >= 0.3 is 0 Å². The van der Waals surface area contributed by atoms with Crippen LogP contribution in [0, 0.1) is 0 Å². The van der Waals surface area contributed by atoms with E-state index in [1.807, 2.05) is 35.0 Å². The van der Waals surface area contributed by atoms with Crippen molar-refractivity contribution in [1.29, 1.82) is 0 Å². The molecule has 4 nitrogen and oxygen atoms in total. The number of amides is 1. The van der Waals surface area contributed by atoms with Crippen molar-refractivity contribution >= 4 is 23.5 Å². The van der Waals surface area contributed by atoms with Gasteiger partial charge in [-0.2, -0.15) is 11.8 Å². The highest BCUT2D eigenvalue weighted by molar-refractivity contribution is 7.99. The molecule has 0 spiro atoms. The van der Waals surface area contributed by atoms with E-state index in [1.54, 1.807) is 0 Å². The Bertz CT molecular complexity index is 531. The summed E-state index contributed by atoms with van der Waals surface area (Å²) >= 11 is 1.94. The number of likely N-dealkylation sites (tertiary alicyclic amines) is 1. The maximum atomic E-state index is 13.0. The van der Waals surface area contributed by atoms with Crippen LogP contribution in [0.25, 0.3) is 0 Å². The van der Waals surface area contributed by atoms with Gasteiger partial charge in [-0.3, -0.25) is 4.79 Å². The predicted octanol–water partition coefficient (Wildman–Crippen LogP) is 3.43. The fourth-order valence-electron chi connectivity index (χ4n) is 3.57. The molecule has 0 aromatic carbocycles. The molecule has 2 saturated heterocycles. The van der Waals surface area contributed by atoms with Crippen LogP contribution in [0.1, 0.15) is 48.9 Å². The number of carbonyl (C=O) groups is 1. The van der Waals surface area contributed by atoms with Gasteiger partial charge < -0.3 is 9.80 Å². The molecule has 23 heavy (non-hydrogen) atoms. The second kappa shape index (κ2) is 8.04. The van der Waals surface area contributed by atoms with E-state index in [9.17, 15) is 4.79 Å². The Morgan fingerprint density at radius 3 is 2.74 bits per heavy atom. The smallest absolute Gasteiger partial charge is 0.257 e. The van der Waals surface area contributed by atoms with Crippen molar-refractivity contribution in [3.05, 3.63) is 23.9 Å². The lowest BCUT2D eigenvalue weighted by atomic mass is 10.1. The number of aromatic nitrogens is 1. The first-order valence-electron chi connectivity index (χ1n) is 8.81. The zero-order chi connectivity index (χ0) is 16.1. The number of pyridine rings is 1. The molecular weight excluding hydrogens is 306 g/mol. The molecule has 5 heteroatoms. The summed E-state index contributed by atoms with van der Waals surface area (Å²) in [6.45, 7) is 3.79. The minimum atomic E-state index is 0.165. The van der Waals surface area contributed by atoms with Gasteiger partial charge in [0.05, 0.1) is 5.56 Å². The van der Waals surface area contributed by atoms with Crippen molar-refractivity contribution in [3.63, 3.8) is 0 Å². The van der Waals surface area contributed by atoms with Crippen molar-refractivity contribution in [2.45, 2.75) is 43.8 Å². The van der Waals surface area contributed by atoms with Crippen LogP contribution in [0.5, 0.6) is 0 Å². The SMILES string of the molecule is CSC1CCCCN(c2ncccc2C(=O)N2CCCCC2)C1. The van der Waals surface area contributed by atoms with Gasteiger partial charge in [0.15, 0.2) is 0 Å². The number of piperidine rings is 1. The summed E-state index contributed by atoms with van der Waals surface area (Å²) in [6, 6.07) is 3.85. The third-order valence-corrected chi connectivity index (χ3v) is 5.97. The Kier molecular flexibility index (Phi) is 5.81. The average molecular weight is 334 g/mol. The van der Waals surface area contributed by atoms with Gasteiger partial charge in [-0.05, 0) is 50.5 Å². The van der Waals surface area contributed by atoms with E-state index in [2.05, 4.69) is 16.1 Å². The maximum absolute atomic E-state index is 13.0. The minimum Gasteiger partial charge on any atom is -0.355 e. The van der Waals surface area contributed by atoms with Crippen LogP contribution in [0.2, 0.25) is 0 Å². The number of rotatable bonds is 3. The molecule has 1 aromatic heterocycles. The Balaban J connectivity index is 1.83. The van der Waals surface area contributed by atoms with Gasteiger partial charge in [-0.1, -0.05) is 6.42 Å². The molecule has 1 unspecified atom stereocenters. The van der Waals surface area contributed by atoms with Crippen molar-refractivity contribution in [2.24, 2.45) is 0 Å². The van der Waals surface area contributed by atoms with Crippen LogP contribution in [-0.4, -0.2) is 53.5 Å². The summed E-state index contributed by atoms with van der Waals surface area (Å²) in [5.41, 5.74) is 0.788. The first-order chi connectivity index (χ1) is 11.3. The van der Waals surface area contributed by atoms with Crippen LogP contribution in [0.3, 0.4) is 0 Å². The summed E-state index contributed by atoms with van der Waals surface area (Å²) in [5.74, 6) is 1.06. The quantitative estimate of drug-likeness (QED) is 0.849. The maximum Gasteiger partial charge on any atom is 0.257 e. The molecule has 2 fully saturated rings. The molecule has 3 rings (SSSR count). The molecule has 0 N–H and O–H groups in total. The standard InChI is InChI=1S/C18H27N3OS/c1-23-15-8-3-6-13-21(14-15)17-16(9-7-10-19-17)18(22)20-11-4-2-5-12-20/h7,9-10,15H,2-6,8,11-14H2,1H3. The van der Waals surface area contributed by atoms with Crippen LogP contribution < -0.4 is 4.90 Å². The normalized spacial score (nSPS) is 22.7. The molecule has 126 valence electrons. The third-order valence-electron chi connectivity index (χ3n) is 4.92. The fourth-order valence-corrected chi connectivity index (χ4v) is 4.30. The second-order valence-electron chi connectivity index (χ2n) is 6.53. The van der Waals surface area contributed by atoms with Gasteiger partial charge in [0.25, 0.3) is 5.91 Å². The topological polar surface area (TPSA) is 36.4 Å². The van der Waals surface area contributed by atoms with Gasteiger partial charge in [-0.15, -0.1) is 0 Å². The molecule has 0 bridgehead atoms. The minimum absolute atomic E-state index is 0.165. The Morgan fingerprint density at radius 1 is 1.17 bits per heavy atom. The zero-order valence-corrected chi connectivity index (χ0v) is 14.9. The van der Waals surface area contributed by atoms with Gasteiger partial charge in [0.1, 0.15) is 5.82 Å². The van der Waals surface area contributed by atoms with Crippen molar-refractivity contribution in [3.8, 4) is 0 Å². The second-order valence-corrected chi connectivity index (χ2v) is 7.67. The largest absolute Gasteiger partial charge is 0.355 e. The van der Waals surface area contributed by atoms with Crippen LogP contribution in [-0.2, 0) is 0 Å². The van der Waals surface area contributed by atoms with E-state index in [4.69, 9.17) is 0 Å². The Hall–Kier alpha value is -1.23. The summed E-state index contributed by atoms with van der Waals surface area (Å²) in [7, 11) is 0. The lowest BCUT2D eigenvalue weighted by Gasteiger charge is -2.30. The van der Waals surface area contributed by atoms with E-state index in [1.165, 1.54) is 25.7 Å². The molecule has 0 saturated carbocycles. The molecular formula is C18H27N3OS. The summed E-state index contributed by atoms with van der Waals surface area (Å²) in [5, 5.41) is 0.637. The Labute approximate surface area is 143 Å². The molecule has 2 aliphatic heterocycles. The van der Waals surface area contributed by atoms with E-state index in [-0.39, 0.29) is 5.91 Å².